The Labute approximate surface area is 179 Å². The lowest BCUT2D eigenvalue weighted by atomic mass is 10.1. The van der Waals surface area contributed by atoms with Crippen molar-refractivity contribution in [3.8, 4) is 5.75 Å². The van der Waals surface area contributed by atoms with Gasteiger partial charge in [-0.05, 0) is 54.1 Å². The Morgan fingerprint density at radius 3 is 2.52 bits per heavy atom. The van der Waals surface area contributed by atoms with E-state index >= 15 is 0 Å². The third-order valence-corrected chi connectivity index (χ3v) is 5.53. The van der Waals surface area contributed by atoms with Crippen molar-refractivity contribution in [1.82, 2.24) is 9.97 Å². The zero-order valence-corrected chi connectivity index (χ0v) is 16.8. The van der Waals surface area contributed by atoms with Gasteiger partial charge in [0, 0.05) is 45.8 Å². The van der Waals surface area contributed by atoms with Gasteiger partial charge in [0.2, 0.25) is 0 Å². The van der Waals surface area contributed by atoms with Crippen LogP contribution < -0.4 is 10.1 Å². The molecule has 0 radical (unpaired) electrons. The lowest BCUT2D eigenvalue weighted by Gasteiger charge is -2.10. The number of ether oxygens (including phenoxy) is 1. The molecular formula is C22H16F3N3O2S. The Kier molecular flexibility index (Phi) is 5.85. The molecule has 0 atom stereocenters. The second-order valence-corrected chi connectivity index (χ2v) is 7.57. The number of pyridine rings is 1. The number of halogens is 3. The molecule has 158 valence electrons. The summed E-state index contributed by atoms with van der Waals surface area (Å²) in [6.45, 7) is 0. The number of carbonyl (C=O) groups excluding carboxylic acids is 1. The highest BCUT2D eigenvalue weighted by Crippen LogP contribution is 2.33. The van der Waals surface area contributed by atoms with Gasteiger partial charge in [0.05, 0.1) is 5.56 Å². The number of fused-ring (bicyclic) bond motifs is 1. The quantitative estimate of drug-likeness (QED) is 0.359. The van der Waals surface area contributed by atoms with Crippen molar-refractivity contribution >= 4 is 34.3 Å². The van der Waals surface area contributed by atoms with Crippen LogP contribution in [-0.2, 0) is 5.75 Å². The number of H-pyrrole nitrogens is 1. The fraction of sp³-hybridized carbons (Fsp3) is 0.0909. The zero-order valence-electron chi connectivity index (χ0n) is 15.9. The molecule has 9 heteroatoms. The molecule has 0 unspecified atom stereocenters. The minimum atomic E-state index is -4.76. The van der Waals surface area contributed by atoms with Crippen molar-refractivity contribution in [2.24, 2.45) is 0 Å². The van der Waals surface area contributed by atoms with Crippen LogP contribution in [0, 0.1) is 0 Å². The first-order chi connectivity index (χ1) is 14.9. The van der Waals surface area contributed by atoms with Crippen LogP contribution in [0.3, 0.4) is 0 Å². The van der Waals surface area contributed by atoms with E-state index in [4.69, 9.17) is 0 Å². The number of nitrogens with one attached hydrogen (secondary N) is 2. The second-order valence-electron chi connectivity index (χ2n) is 6.55. The summed E-state index contributed by atoms with van der Waals surface area (Å²) in [5.74, 6) is -0.00533. The summed E-state index contributed by atoms with van der Waals surface area (Å²) in [4.78, 5) is 20.9. The predicted molar refractivity (Wildman–Crippen MR) is 113 cm³/mol. The molecule has 2 aromatic carbocycles. The van der Waals surface area contributed by atoms with Crippen LogP contribution >= 0.6 is 11.8 Å². The smallest absolute Gasteiger partial charge is 0.406 e. The monoisotopic (exact) mass is 443 g/mol. The average molecular weight is 443 g/mol. The highest BCUT2D eigenvalue weighted by Gasteiger charge is 2.31. The highest BCUT2D eigenvalue weighted by atomic mass is 32.2. The lowest BCUT2D eigenvalue weighted by molar-refractivity contribution is -0.274. The summed E-state index contributed by atoms with van der Waals surface area (Å²) < 4.78 is 40.7. The maximum atomic E-state index is 12.9. The zero-order chi connectivity index (χ0) is 21.8. The number of nitrogens with zero attached hydrogens (tertiary/aromatic N) is 1. The molecule has 4 rings (SSSR count). The Bertz CT molecular complexity index is 1190. The number of aromatic nitrogens is 2. The molecule has 31 heavy (non-hydrogen) atoms. The molecule has 0 bridgehead atoms. The molecule has 2 heterocycles. The van der Waals surface area contributed by atoms with Gasteiger partial charge < -0.3 is 15.0 Å². The van der Waals surface area contributed by atoms with Crippen molar-refractivity contribution in [2.45, 2.75) is 17.0 Å². The molecule has 0 fully saturated rings. The number of alkyl halides is 3. The van der Waals surface area contributed by atoms with Gasteiger partial charge in [-0.15, -0.1) is 24.9 Å². The molecule has 4 aromatic rings. The molecule has 2 aromatic heterocycles. The van der Waals surface area contributed by atoms with Crippen molar-refractivity contribution in [2.75, 3.05) is 5.32 Å². The first-order valence-electron chi connectivity index (χ1n) is 9.18. The molecule has 0 saturated heterocycles. The second kappa shape index (κ2) is 8.73. The standard InChI is InChI=1S/C22H16F3N3O2S/c23-22(24,25)30-16-6-4-15(5-7-16)28-21(29)17-12-27-18-2-1-3-19(20(17)18)31-13-14-8-10-26-11-9-14/h1-12,27H,13H2,(H,28,29). The number of benzene rings is 2. The Morgan fingerprint density at radius 1 is 1.06 bits per heavy atom. The van der Waals surface area contributed by atoms with Gasteiger partial charge in [-0.3, -0.25) is 9.78 Å². The first-order valence-corrected chi connectivity index (χ1v) is 10.2. The number of amides is 1. The van der Waals surface area contributed by atoms with E-state index in [-0.39, 0.29) is 11.7 Å². The number of rotatable bonds is 6. The summed E-state index contributed by atoms with van der Waals surface area (Å²) in [7, 11) is 0. The van der Waals surface area contributed by atoms with E-state index in [9.17, 15) is 18.0 Å². The predicted octanol–water partition coefficient (Wildman–Crippen LogP) is 6.01. The van der Waals surface area contributed by atoms with Gasteiger partial charge in [0.1, 0.15) is 5.75 Å². The topological polar surface area (TPSA) is 67.0 Å². The molecule has 0 aliphatic heterocycles. The van der Waals surface area contributed by atoms with E-state index in [1.165, 1.54) is 12.1 Å². The van der Waals surface area contributed by atoms with Gasteiger partial charge in [-0.1, -0.05) is 6.07 Å². The van der Waals surface area contributed by atoms with Gasteiger partial charge in [0.25, 0.3) is 5.91 Å². The van der Waals surface area contributed by atoms with Crippen LogP contribution in [0.1, 0.15) is 15.9 Å². The first kappa shape index (κ1) is 20.8. The molecular weight excluding hydrogens is 427 g/mol. The summed E-state index contributed by atoms with van der Waals surface area (Å²) in [5, 5.41) is 3.50. The number of thioether (sulfide) groups is 1. The van der Waals surface area contributed by atoms with Crippen LogP contribution in [0.4, 0.5) is 18.9 Å². The Morgan fingerprint density at radius 2 is 1.81 bits per heavy atom. The van der Waals surface area contributed by atoms with Crippen molar-refractivity contribution in [3.05, 3.63) is 84.3 Å². The minimum Gasteiger partial charge on any atom is -0.406 e. The minimum absolute atomic E-state index is 0.354. The van der Waals surface area contributed by atoms with E-state index in [0.717, 1.165) is 33.5 Å². The van der Waals surface area contributed by atoms with E-state index in [1.807, 2.05) is 30.3 Å². The third kappa shape index (κ3) is 5.18. The van der Waals surface area contributed by atoms with Crippen LogP contribution in [0.15, 0.2) is 78.1 Å². The largest absolute Gasteiger partial charge is 0.573 e. The summed E-state index contributed by atoms with van der Waals surface area (Å²) in [6.07, 6.45) is 0.324. The van der Waals surface area contributed by atoms with Crippen molar-refractivity contribution in [3.63, 3.8) is 0 Å². The summed E-state index contributed by atoms with van der Waals surface area (Å²) >= 11 is 1.60. The van der Waals surface area contributed by atoms with Crippen LogP contribution in [0.2, 0.25) is 0 Å². The van der Waals surface area contributed by atoms with Gasteiger partial charge >= 0.3 is 6.36 Å². The Balaban J connectivity index is 1.53. The molecule has 0 saturated carbocycles. The number of hydrogen-bond donors (Lipinski definition) is 2. The van der Waals surface area contributed by atoms with Gasteiger partial charge in [-0.25, -0.2) is 0 Å². The normalized spacial score (nSPS) is 11.5. The maximum Gasteiger partial charge on any atom is 0.573 e. The number of carbonyl (C=O) groups is 1. The molecule has 0 aliphatic rings. The van der Waals surface area contributed by atoms with Crippen LogP contribution in [-0.4, -0.2) is 22.2 Å². The fourth-order valence-corrected chi connectivity index (χ4v) is 4.08. The lowest BCUT2D eigenvalue weighted by Crippen LogP contribution is -2.17. The van der Waals surface area contributed by atoms with Crippen LogP contribution in [0.25, 0.3) is 10.9 Å². The molecule has 0 spiro atoms. The SMILES string of the molecule is O=C(Nc1ccc(OC(F)(F)F)cc1)c1c[nH]c2cccc(SCc3ccncc3)c12. The average Bonchev–Trinajstić information content (AvgIpc) is 3.18. The molecule has 1 amide bonds. The van der Waals surface area contributed by atoms with Gasteiger partial charge in [0.15, 0.2) is 0 Å². The fourth-order valence-electron chi connectivity index (χ4n) is 3.03. The van der Waals surface area contributed by atoms with Crippen molar-refractivity contribution < 1.29 is 22.7 Å². The number of hydrogen-bond acceptors (Lipinski definition) is 4. The number of aromatic amines is 1. The molecule has 0 aliphatic carbocycles. The number of anilines is 1. The summed E-state index contributed by atoms with van der Waals surface area (Å²) in [6, 6.07) is 14.6. The maximum absolute atomic E-state index is 12.9. The van der Waals surface area contributed by atoms with E-state index in [1.54, 1.807) is 30.4 Å². The van der Waals surface area contributed by atoms with E-state index in [0.29, 0.717) is 17.0 Å². The van der Waals surface area contributed by atoms with Crippen LogP contribution in [0.5, 0.6) is 5.75 Å². The highest BCUT2D eigenvalue weighted by molar-refractivity contribution is 7.98. The van der Waals surface area contributed by atoms with E-state index in [2.05, 4.69) is 20.0 Å². The van der Waals surface area contributed by atoms with Gasteiger partial charge in [-0.2, -0.15) is 0 Å². The molecule has 2 N–H and O–H groups in total. The third-order valence-electron chi connectivity index (χ3n) is 4.40. The van der Waals surface area contributed by atoms with E-state index < -0.39 is 6.36 Å². The summed E-state index contributed by atoms with van der Waals surface area (Å²) in [5.41, 5.74) is 2.73. The molecule has 5 nitrogen and oxygen atoms in total. The van der Waals surface area contributed by atoms with Crippen molar-refractivity contribution in [1.29, 1.82) is 0 Å². The Hall–Kier alpha value is -3.46.